The van der Waals surface area contributed by atoms with Crippen LogP contribution in [0.15, 0.2) is 18.3 Å². The van der Waals surface area contributed by atoms with Crippen molar-refractivity contribution >= 4 is 56.5 Å². The summed E-state index contributed by atoms with van der Waals surface area (Å²) in [4.78, 5) is 4.34. The van der Waals surface area contributed by atoms with Crippen LogP contribution in [-0.4, -0.2) is 7.76 Å². The first-order valence-corrected chi connectivity index (χ1v) is 6.09. The molecule has 2 heterocycles. The Labute approximate surface area is 104 Å². The predicted octanol–water partition coefficient (Wildman–Crippen LogP) is 3.40. The van der Waals surface area contributed by atoms with E-state index >= 15 is 0 Å². The van der Waals surface area contributed by atoms with Crippen molar-refractivity contribution in [2.75, 3.05) is 0 Å². The second-order valence-corrected chi connectivity index (χ2v) is 4.92. The second-order valence-electron chi connectivity index (χ2n) is 2.80. The molecule has 0 aromatic carbocycles. The molecule has 0 spiro atoms. The highest BCUT2D eigenvalue weighted by molar-refractivity contribution is 14.1. The highest BCUT2D eigenvalue weighted by Crippen LogP contribution is 2.25. The maximum Gasteiger partial charge on any atom is 0.0902 e. The molecule has 0 unspecified atom stereocenters. The lowest BCUT2D eigenvalue weighted by Gasteiger charge is -1.99. The van der Waals surface area contributed by atoms with Gasteiger partial charge in [0.1, 0.15) is 0 Å². The standard InChI is InChI=1S/C9H8I2N2/c1-2-6-5-8-9(13(6)11)7(10)3-4-12-8/h3-5H,2H2,1H3. The molecule has 4 heteroatoms. The van der Waals surface area contributed by atoms with Crippen molar-refractivity contribution in [3.8, 4) is 0 Å². The summed E-state index contributed by atoms with van der Waals surface area (Å²) in [6.45, 7) is 2.16. The zero-order valence-electron chi connectivity index (χ0n) is 7.09. The average Bonchev–Trinajstić information content (AvgIpc) is 2.44. The highest BCUT2D eigenvalue weighted by atomic mass is 127. The molecule has 0 atom stereocenters. The van der Waals surface area contributed by atoms with E-state index in [1.165, 1.54) is 14.8 Å². The normalized spacial score (nSPS) is 11.0. The van der Waals surface area contributed by atoms with Gasteiger partial charge in [0.2, 0.25) is 0 Å². The molecule has 0 bridgehead atoms. The lowest BCUT2D eigenvalue weighted by molar-refractivity contribution is 1.06. The SMILES string of the molecule is CCc1cc2nccc(I)c2n1I. The first-order valence-electron chi connectivity index (χ1n) is 4.05. The molecule has 0 aliphatic heterocycles. The first-order chi connectivity index (χ1) is 6.24. The van der Waals surface area contributed by atoms with Gasteiger partial charge in [-0.2, -0.15) is 0 Å². The van der Waals surface area contributed by atoms with E-state index in [4.69, 9.17) is 0 Å². The van der Waals surface area contributed by atoms with E-state index < -0.39 is 0 Å². The van der Waals surface area contributed by atoms with Crippen LogP contribution in [0, 0.1) is 3.57 Å². The van der Waals surface area contributed by atoms with Gasteiger partial charge in [0.25, 0.3) is 0 Å². The Morgan fingerprint density at radius 3 is 2.92 bits per heavy atom. The molecule has 0 saturated heterocycles. The van der Waals surface area contributed by atoms with Crippen LogP contribution >= 0.6 is 45.5 Å². The van der Waals surface area contributed by atoms with Crippen LogP contribution in [0.4, 0.5) is 0 Å². The maximum absolute atomic E-state index is 4.34. The average molecular weight is 398 g/mol. The number of hydrogen-bond donors (Lipinski definition) is 0. The van der Waals surface area contributed by atoms with Crippen LogP contribution in [0.25, 0.3) is 11.0 Å². The molecule has 0 aliphatic rings. The number of nitrogens with zero attached hydrogens (tertiary/aromatic N) is 2. The molecule has 0 radical (unpaired) electrons. The molecule has 68 valence electrons. The summed E-state index contributed by atoms with van der Waals surface area (Å²) in [6, 6.07) is 4.20. The molecule has 13 heavy (non-hydrogen) atoms. The van der Waals surface area contributed by atoms with Gasteiger partial charge in [0, 0.05) is 15.5 Å². The van der Waals surface area contributed by atoms with E-state index in [0.29, 0.717) is 0 Å². The van der Waals surface area contributed by atoms with Crippen molar-refractivity contribution < 1.29 is 0 Å². The lowest BCUT2D eigenvalue weighted by Crippen LogP contribution is -1.88. The minimum atomic E-state index is 1.05. The summed E-state index contributed by atoms with van der Waals surface area (Å²) >= 11 is 4.68. The van der Waals surface area contributed by atoms with Gasteiger partial charge in [-0.05, 0) is 41.1 Å². The molecular weight excluding hydrogens is 390 g/mol. The third-order valence-electron chi connectivity index (χ3n) is 2.02. The van der Waals surface area contributed by atoms with E-state index in [0.717, 1.165) is 11.9 Å². The van der Waals surface area contributed by atoms with Gasteiger partial charge in [0.05, 0.1) is 33.9 Å². The zero-order chi connectivity index (χ0) is 9.42. The lowest BCUT2D eigenvalue weighted by atomic mass is 10.3. The summed E-state index contributed by atoms with van der Waals surface area (Å²) in [5, 5.41) is 0. The summed E-state index contributed by atoms with van der Waals surface area (Å²) < 4.78 is 3.46. The molecular formula is C9H8I2N2. The highest BCUT2D eigenvalue weighted by Gasteiger charge is 2.08. The second kappa shape index (κ2) is 3.72. The predicted molar refractivity (Wildman–Crippen MR) is 71.2 cm³/mol. The van der Waals surface area contributed by atoms with E-state index in [2.05, 4.69) is 66.2 Å². The van der Waals surface area contributed by atoms with Crippen LogP contribution < -0.4 is 0 Å². The van der Waals surface area contributed by atoms with E-state index in [-0.39, 0.29) is 0 Å². The summed E-state index contributed by atoms with van der Waals surface area (Å²) in [6.07, 6.45) is 2.91. The Kier molecular flexibility index (Phi) is 2.77. The number of hydrogen-bond acceptors (Lipinski definition) is 1. The van der Waals surface area contributed by atoms with E-state index in [1.807, 2.05) is 12.3 Å². The van der Waals surface area contributed by atoms with Crippen LogP contribution in [-0.2, 0) is 6.42 Å². The van der Waals surface area contributed by atoms with Crippen molar-refractivity contribution in [2.24, 2.45) is 0 Å². The molecule has 0 amide bonds. The van der Waals surface area contributed by atoms with Gasteiger partial charge < -0.3 is 0 Å². The van der Waals surface area contributed by atoms with Crippen LogP contribution in [0.5, 0.6) is 0 Å². The Hall–Kier alpha value is 0.150. The fourth-order valence-corrected chi connectivity index (χ4v) is 3.47. The molecule has 2 rings (SSSR count). The van der Waals surface area contributed by atoms with Gasteiger partial charge in [-0.25, -0.2) is 0 Å². The van der Waals surface area contributed by atoms with Crippen LogP contribution in [0.2, 0.25) is 0 Å². The molecule has 2 aromatic rings. The van der Waals surface area contributed by atoms with Crippen molar-refractivity contribution in [1.29, 1.82) is 0 Å². The van der Waals surface area contributed by atoms with Crippen LogP contribution in [0.1, 0.15) is 12.6 Å². The van der Waals surface area contributed by atoms with Crippen molar-refractivity contribution in [3.63, 3.8) is 0 Å². The Balaban J connectivity index is 2.85. The Morgan fingerprint density at radius 2 is 2.31 bits per heavy atom. The fourth-order valence-electron chi connectivity index (χ4n) is 1.34. The van der Waals surface area contributed by atoms with Crippen molar-refractivity contribution in [1.82, 2.24) is 7.76 Å². The number of aromatic nitrogens is 2. The monoisotopic (exact) mass is 398 g/mol. The Morgan fingerprint density at radius 1 is 1.54 bits per heavy atom. The smallest absolute Gasteiger partial charge is 0.0902 e. The molecule has 0 N–H and O–H groups in total. The van der Waals surface area contributed by atoms with E-state index in [9.17, 15) is 0 Å². The molecule has 0 fully saturated rings. The first kappa shape index (κ1) is 9.70. The largest absolute Gasteiger partial charge is 0.284 e. The quantitative estimate of drug-likeness (QED) is 0.674. The number of halogens is 2. The maximum atomic E-state index is 4.34. The molecule has 0 aliphatic carbocycles. The molecule has 2 aromatic heterocycles. The molecule has 0 saturated carbocycles. The minimum absolute atomic E-state index is 1.05. The van der Waals surface area contributed by atoms with Gasteiger partial charge >= 0.3 is 0 Å². The number of pyridine rings is 1. The topological polar surface area (TPSA) is 17.8 Å². The van der Waals surface area contributed by atoms with Crippen LogP contribution in [0.3, 0.4) is 0 Å². The summed E-state index contributed by atoms with van der Waals surface area (Å²) in [5.74, 6) is 0. The van der Waals surface area contributed by atoms with E-state index in [1.54, 1.807) is 0 Å². The fraction of sp³-hybridized carbons (Fsp3) is 0.222. The number of rotatable bonds is 1. The van der Waals surface area contributed by atoms with Crippen molar-refractivity contribution in [3.05, 3.63) is 27.6 Å². The zero-order valence-corrected chi connectivity index (χ0v) is 11.4. The van der Waals surface area contributed by atoms with Gasteiger partial charge in [-0.3, -0.25) is 7.76 Å². The van der Waals surface area contributed by atoms with Gasteiger partial charge in [-0.1, -0.05) is 6.92 Å². The number of aryl methyl sites for hydroxylation is 1. The number of fused-ring (bicyclic) bond motifs is 1. The van der Waals surface area contributed by atoms with Gasteiger partial charge in [-0.15, -0.1) is 0 Å². The van der Waals surface area contributed by atoms with Crippen molar-refractivity contribution in [2.45, 2.75) is 13.3 Å². The Bertz CT molecular complexity index is 448. The minimum Gasteiger partial charge on any atom is -0.284 e. The van der Waals surface area contributed by atoms with Gasteiger partial charge in [0.15, 0.2) is 0 Å². The summed E-state index contributed by atoms with van der Waals surface area (Å²) in [5.41, 5.74) is 3.66. The summed E-state index contributed by atoms with van der Waals surface area (Å²) in [7, 11) is 0. The third-order valence-corrected chi connectivity index (χ3v) is 3.99. The third kappa shape index (κ3) is 1.58. The molecule has 2 nitrogen and oxygen atoms in total.